The molecule has 1 aromatic rings. The van der Waals surface area contributed by atoms with Gasteiger partial charge in [-0.15, -0.1) is 0 Å². The van der Waals surface area contributed by atoms with Crippen molar-refractivity contribution in [2.24, 2.45) is 17.3 Å². The fourth-order valence-corrected chi connectivity index (χ4v) is 7.05. The van der Waals surface area contributed by atoms with Gasteiger partial charge in [-0.3, -0.25) is 0 Å². The van der Waals surface area contributed by atoms with Crippen LogP contribution in [0, 0.1) is 23.2 Å². The topological polar surface area (TPSA) is 40.5 Å². The average molecular weight is 339 g/mol. The quantitative estimate of drug-likeness (QED) is 0.747. The minimum Gasteiger partial charge on any atom is -0.508 e. The highest BCUT2D eigenvalue weighted by atomic mass is 16.3. The molecule has 0 spiro atoms. The number of phenolic OH excluding ortho intramolecular Hbond substituents is 1. The third-order valence-corrected chi connectivity index (χ3v) is 8.34. The van der Waals surface area contributed by atoms with Gasteiger partial charge in [0.15, 0.2) is 0 Å². The Morgan fingerprint density at radius 3 is 2.60 bits per heavy atom. The van der Waals surface area contributed by atoms with Crippen LogP contribution in [0.15, 0.2) is 12.1 Å². The zero-order valence-electron chi connectivity index (χ0n) is 15.4. The van der Waals surface area contributed by atoms with E-state index in [1.807, 2.05) is 6.07 Å². The minimum atomic E-state index is -0.0941. The number of phenols is 1. The molecule has 0 amide bonds. The lowest BCUT2D eigenvalue weighted by Crippen LogP contribution is -2.44. The van der Waals surface area contributed by atoms with Gasteiger partial charge in [0.25, 0.3) is 0 Å². The molecule has 135 valence electrons. The first kappa shape index (κ1) is 16.2. The van der Waals surface area contributed by atoms with E-state index >= 15 is 0 Å². The SMILES string of the molecule is C[C@]12CC[C@@H]3c4c(cc(O)cc4[C]4CCCC4)CC[C@H]3[C@@H]1CC[C@H]2O. The van der Waals surface area contributed by atoms with E-state index in [4.69, 9.17) is 0 Å². The summed E-state index contributed by atoms with van der Waals surface area (Å²) in [5.74, 6) is 4.12. The summed E-state index contributed by atoms with van der Waals surface area (Å²) < 4.78 is 0. The van der Waals surface area contributed by atoms with Crippen molar-refractivity contribution < 1.29 is 10.2 Å². The molecule has 1 radical (unpaired) electrons. The van der Waals surface area contributed by atoms with Crippen LogP contribution in [0.5, 0.6) is 5.75 Å². The Bertz CT molecular complexity index is 675. The molecule has 0 bridgehead atoms. The molecule has 1 aromatic carbocycles. The second-order valence-electron chi connectivity index (χ2n) is 9.43. The van der Waals surface area contributed by atoms with E-state index in [1.165, 1.54) is 56.1 Å². The van der Waals surface area contributed by atoms with Crippen molar-refractivity contribution in [1.29, 1.82) is 0 Å². The molecule has 4 aliphatic carbocycles. The first-order valence-electron chi connectivity index (χ1n) is 10.5. The van der Waals surface area contributed by atoms with Crippen LogP contribution in [0.2, 0.25) is 0 Å². The Labute approximate surface area is 151 Å². The molecule has 5 rings (SSSR count). The van der Waals surface area contributed by atoms with Crippen LogP contribution in [0.25, 0.3) is 0 Å². The van der Waals surface area contributed by atoms with Gasteiger partial charge in [-0.05, 0) is 103 Å². The fraction of sp³-hybridized carbons (Fsp3) is 0.696. The van der Waals surface area contributed by atoms with Crippen LogP contribution >= 0.6 is 0 Å². The van der Waals surface area contributed by atoms with E-state index in [-0.39, 0.29) is 11.5 Å². The van der Waals surface area contributed by atoms with Gasteiger partial charge < -0.3 is 10.2 Å². The third-order valence-electron chi connectivity index (χ3n) is 8.34. The summed E-state index contributed by atoms with van der Waals surface area (Å²) in [7, 11) is 0. The summed E-state index contributed by atoms with van der Waals surface area (Å²) in [5.41, 5.74) is 4.56. The van der Waals surface area contributed by atoms with Gasteiger partial charge in [-0.2, -0.15) is 0 Å². The summed E-state index contributed by atoms with van der Waals surface area (Å²) in [6.45, 7) is 2.35. The molecule has 2 nitrogen and oxygen atoms in total. The van der Waals surface area contributed by atoms with Crippen LogP contribution in [-0.2, 0) is 6.42 Å². The first-order chi connectivity index (χ1) is 12.1. The molecule has 0 unspecified atom stereocenters. The Kier molecular flexibility index (Phi) is 3.71. The van der Waals surface area contributed by atoms with Crippen LogP contribution in [0.3, 0.4) is 0 Å². The van der Waals surface area contributed by atoms with Gasteiger partial charge in [0.1, 0.15) is 5.75 Å². The summed E-state index contributed by atoms with van der Waals surface area (Å²) in [4.78, 5) is 0. The monoisotopic (exact) mass is 339 g/mol. The molecule has 5 atom stereocenters. The van der Waals surface area contributed by atoms with Crippen molar-refractivity contribution in [2.45, 2.75) is 83.2 Å². The number of aromatic hydroxyl groups is 1. The van der Waals surface area contributed by atoms with Crippen molar-refractivity contribution >= 4 is 0 Å². The summed E-state index contributed by atoms with van der Waals surface area (Å²) in [6, 6.07) is 4.11. The van der Waals surface area contributed by atoms with Crippen molar-refractivity contribution in [1.82, 2.24) is 0 Å². The molecule has 0 aliphatic heterocycles. The van der Waals surface area contributed by atoms with Gasteiger partial charge in [0, 0.05) is 5.92 Å². The molecular formula is C23H31O2. The van der Waals surface area contributed by atoms with Gasteiger partial charge >= 0.3 is 0 Å². The molecule has 25 heavy (non-hydrogen) atoms. The molecular weight excluding hydrogens is 308 g/mol. The number of fused-ring (bicyclic) bond motifs is 5. The van der Waals surface area contributed by atoms with Crippen molar-refractivity contribution in [3.8, 4) is 5.75 Å². The number of rotatable bonds is 1. The van der Waals surface area contributed by atoms with Crippen LogP contribution < -0.4 is 0 Å². The van der Waals surface area contributed by atoms with Crippen LogP contribution in [0.4, 0.5) is 0 Å². The van der Waals surface area contributed by atoms with Crippen LogP contribution in [0.1, 0.15) is 87.3 Å². The number of aliphatic hydroxyl groups excluding tert-OH is 1. The second-order valence-corrected chi connectivity index (χ2v) is 9.43. The van der Waals surface area contributed by atoms with Gasteiger partial charge in [0.05, 0.1) is 6.10 Å². The van der Waals surface area contributed by atoms with Gasteiger partial charge in [-0.25, -0.2) is 0 Å². The lowest BCUT2D eigenvalue weighted by molar-refractivity contribution is -0.0227. The Hall–Kier alpha value is -1.02. The highest BCUT2D eigenvalue weighted by Crippen LogP contribution is 2.62. The Balaban J connectivity index is 1.57. The summed E-state index contributed by atoms with van der Waals surface area (Å²) in [5, 5.41) is 20.9. The highest BCUT2D eigenvalue weighted by molar-refractivity contribution is 5.52. The number of benzene rings is 1. The predicted octanol–water partition coefficient (Wildman–Crippen LogP) is 5.11. The zero-order chi connectivity index (χ0) is 17.2. The molecule has 0 saturated heterocycles. The molecule has 4 aliphatic rings. The number of hydrogen-bond acceptors (Lipinski definition) is 2. The average Bonchev–Trinajstić information content (AvgIpc) is 3.22. The Morgan fingerprint density at radius 1 is 1.00 bits per heavy atom. The van der Waals surface area contributed by atoms with Crippen molar-refractivity contribution in [3.05, 3.63) is 34.7 Å². The lowest BCUT2D eigenvalue weighted by Gasteiger charge is -2.50. The molecule has 2 N–H and O–H groups in total. The van der Waals surface area contributed by atoms with Crippen molar-refractivity contribution in [2.75, 3.05) is 0 Å². The molecule has 3 saturated carbocycles. The lowest BCUT2D eigenvalue weighted by atomic mass is 9.54. The maximum absolute atomic E-state index is 10.6. The van der Waals surface area contributed by atoms with Gasteiger partial charge in [-0.1, -0.05) is 19.8 Å². The minimum absolute atomic E-state index is 0.0941. The highest BCUT2D eigenvalue weighted by Gasteiger charge is 2.54. The first-order valence-corrected chi connectivity index (χ1v) is 10.5. The number of hydrogen-bond donors (Lipinski definition) is 2. The van der Waals surface area contributed by atoms with E-state index in [1.54, 1.807) is 11.5 Å². The summed E-state index contributed by atoms with van der Waals surface area (Å²) in [6.07, 6.45) is 11.9. The standard InChI is InChI=1S/C23H31O2/c1-23-11-10-18-17(20(23)8-9-21(23)25)7-6-15-12-16(24)13-19(22(15)18)14-4-2-3-5-14/h12-13,17-18,20-21,24-25H,2-11H2,1H3/t17-,18+,20+,21-,23+/m1/s1. The predicted molar refractivity (Wildman–Crippen MR) is 99.5 cm³/mol. The maximum atomic E-state index is 10.6. The molecule has 3 fully saturated rings. The third kappa shape index (κ3) is 2.32. The maximum Gasteiger partial charge on any atom is 0.116 e. The van der Waals surface area contributed by atoms with E-state index in [0.717, 1.165) is 25.2 Å². The second kappa shape index (κ2) is 5.74. The number of aryl methyl sites for hydroxylation is 1. The Morgan fingerprint density at radius 2 is 1.80 bits per heavy atom. The van der Waals surface area contributed by atoms with Crippen molar-refractivity contribution in [3.63, 3.8) is 0 Å². The van der Waals surface area contributed by atoms with Crippen LogP contribution in [-0.4, -0.2) is 16.3 Å². The smallest absolute Gasteiger partial charge is 0.116 e. The molecule has 0 aromatic heterocycles. The largest absolute Gasteiger partial charge is 0.508 e. The fourth-order valence-electron chi connectivity index (χ4n) is 7.05. The van der Waals surface area contributed by atoms with Gasteiger partial charge in [0.2, 0.25) is 0 Å². The molecule has 0 heterocycles. The van der Waals surface area contributed by atoms with E-state index in [9.17, 15) is 10.2 Å². The molecule has 2 heteroatoms. The van der Waals surface area contributed by atoms with E-state index in [2.05, 4.69) is 13.0 Å². The number of aliphatic hydroxyl groups is 1. The normalized spacial score (nSPS) is 40.6. The van der Waals surface area contributed by atoms with E-state index < -0.39 is 0 Å². The zero-order valence-corrected chi connectivity index (χ0v) is 15.4. The van der Waals surface area contributed by atoms with E-state index in [0.29, 0.717) is 17.6 Å². The summed E-state index contributed by atoms with van der Waals surface area (Å²) >= 11 is 0.